The predicted octanol–water partition coefficient (Wildman–Crippen LogP) is 1.91. The summed E-state index contributed by atoms with van der Waals surface area (Å²) in [6.45, 7) is 0.204. The average Bonchev–Trinajstić information content (AvgIpc) is 3.22. The van der Waals surface area contributed by atoms with Crippen molar-refractivity contribution in [2.45, 2.75) is 38.3 Å². The van der Waals surface area contributed by atoms with Crippen molar-refractivity contribution in [1.29, 1.82) is 0 Å². The number of hydrogen-bond acceptors (Lipinski definition) is 3. The van der Waals surface area contributed by atoms with Crippen LogP contribution in [0.3, 0.4) is 0 Å². The highest BCUT2D eigenvalue weighted by Crippen LogP contribution is 2.25. The van der Waals surface area contributed by atoms with Crippen molar-refractivity contribution in [2.75, 3.05) is 13.7 Å². The molecule has 1 aliphatic carbocycles. The lowest BCUT2D eigenvalue weighted by atomic mass is 10.2. The summed E-state index contributed by atoms with van der Waals surface area (Å²) >= 11 is 0. The molecular formula is C18H23N3O3. The van der Waals surface area contributed by atoms with Crippen LogP contribution < -0.4 is 10.5 Å². The van der Waals surface area contributed by atoms with Crippen molar-refractivity contribution in [3.63, 3.8) is 0 Å². The number of rotatable bonds is 6. The van der Waals surface area contributed by atoms with Gasteiger partial charge in [-0.15, -0.1) is 0 Å². The second-order valence-electron chi connectivity index (χ2n) is 6.29. The third kappa shape index (κ3) is 3.37. The second-order valence-corrected chi connectivity index (χ2v) is 6.29. The van der Waals surface area contributed by atoms with Crippen molar-refractivity contribution in [3.05, 3.63) is 30.5 Å². The van der Waals surface area contributed by atoms with Crippen molar-refractivity contribution in [2.24, 2.45) is 5.73 Å². The Balaban J connectivity index is 1.80. The molecule has 24 heavy (non-hydrogen) atoms. The number of benzene rings is 1. The van der Waals surface area contributed by atoms with Crippen LogP contribution in [0.25, 0.3) is 10.9 Å². The van der Waals surface area contributed by atoms with E-state index in [-0.39, 0.29) is 25.0 Å². The Morgan fingerprint density at radius 3 is 2.71 bits per heavy atom. The summed E-state index contributed by atoms with van der Waals surface area (Å²) in [5, 5.41) is 1.02. The van der Waals surface area contributed by atoms with Gasteiger partial charge in [0.1, 0.15) is 12.3 Å². The highest BCUT2D eigenvalue weighted by atomic mass is 16.5. The molecule has 128 valence electrons. The number of amides is 2. The first-order chi connectivity index (χ1) is 11.6. The van der Waals surface area contributed by atoms with Crippen LogP contribution in [0.15, 0.2) is 30.5 Å². The van der Waals surface area contributed by atoms with Gasteiger partial charge in [0.25, 0.3) is 0 Å². The number of nitrogens with two attached hydrogens (primary N) is 1. The monoisotopic (exact) mass is 329 g/mol. The third-order valence-electron chi connectivity index (χ3n) is 4.70. The third-order valence-corrected chi connectivity index (χ3v) is 4.70. The van der Waals surface area contributed by atoms with Gasteiger partial charge in [0.15, 0.2) is 0 Å². The molecule has 0 bridgehead atoms. The van der Waals surface area contributed by atoms with Crippen molar-refractivity contribution < 1.29 is 14.3 Å². The fraction of sp³-hybridized carbons (Fsp3) is 0.444. The molecule has 1 aromatic carbocycles. The molecule has 0 saturated heterocycles. The van der Waals surface area contributed by atoms with E-state index in [9.17, 15) is 9.59 Å². The van der Waals surface area contributed by atoms with E-state index >= 15 is 0 Å². The molecule has 1 aromatic heterocycles. The minimum Gasteiger partial charge on any atom is -0.497 e. The van der Waals surface area contributed by atoms with Crippen LogP contribution in [0.5, 0.6) is 5.75 Å². The maximum atomic E-state index is 12.8. The number of primary amides is 1. The average molecular weight is 329 g/mol. The summed E-state index contributed by atoms with van der Waals surface area (Å²) in [6, 6.07) is 7.84. The van der Waals surface area contributed by atoms with Gasteiger partial charge in [0.2, 0.25) is 11.8 Å². The van der Waals surface area contributed by atoms with E-state index < -0.39 is 5.91 Å². The molecule has 0 spiro atoms. The first-order valence-electron chi connectivity index (χ1n) is 8.29. The summed E-state index contributed by atoms with van der Waals surface area (Å²) in [4.78, 5) is 25.8. The molecular weight excluding hydrogens is 306 g/mol. The van der Waals surface area contributed by atoms with E-state index in [0.29, 0.717) is 0 Å². The maximum Gasteiger partial charge on any atom is 0.243 e. The fourth-order valence-electron chi connectivity index (χ4n) is 3.48. The molecule has 2 N–H and O–H groups in total. The highest BCUT2D eigenvalue weighted by Gasteiger charge is 2.27. The number of fused-ring (bicyclic) bond motifs is 1. The predicted molar refractivity (Wildman–Crippen MR) is 91.7 cm³/mol. The number of nitrogens with zero attached hydrogens (tertiary/aromatic N) is 2. The fourth-order valence-corrected chi connectivity index (χ4v) is 3.48. The summed E-state index contributed by atoms with van der Waals surface area (Å²) in [5.74, 6) is 0.263. The molecule has 6 heteroatoms. The molecule has 2 aromatic rings. The molecule has 0 radical (unpaired) electrons. The Labute approximate surface area is 141 Å². The molecule has 3 rings (SSSR count). The largest absolute Gasteiger partial charge is 0.497 e. The summed E-state index contributed by atoms with van der Waals surface area (Å²) in [5.41, 5.74) is 6.31. The zero-order valence-corrected chi connectivity index (χ0v) is 13.9. The number of ether oxygens (including phenoxy) is 1. The smallest absolute Gasteiger partial charge is 0.243 e. The molecule has 0 unspecified atom stereocenters. The number of carbonyl (C=O) groups is 2. The van der Waals surface area contributed by atoms with Gasteiger partial charge >= 0.3 is 0 Å². The zero-order valence-electron chi connectivity index (χ0n) is 13.9. The first kappa shape index (κ1) is 16.4. The van der Waals surface area contributed by atoms with E-state index in [4.69, 9.17) is 10.5 Å². The quantitative estimate of drug-likeness (QED) is 0.879. The van der Waals surface area contributed by atoms with Gasteiger partial charge in [-0.1, -0.05) is 12.8 Å². The molecule has 2 amide bonds. The van der Waals surface area contributed by atoms with E-state index in [1.807, 2.05) is 35.0 Å². The van der Waals surface area contributed by atoms with E-state index in [2.05, 4.69) is 0 Å². The van der Waals surface area contributed by atoms with Gasteiger partial charge in [0, 0.05) is 23.1 Å². The molecule has 0 aliphatic heterocycles. The van der Waals surface area contributed by atoms with Crippen molar-refractivity contribution in [3.8, 4) is 5.75 Å². The molecule has 1 heterocycles. The minimum absolute atomic E-state index is 0.00345. The summed E-state index contributed by atoms with van der Waals surface area (Å²) in [7, 11) is 1.63. The Hall–Kier alpha value is -2.50. The Bertz CT molecular complexity index is 747. The summed E-state index contributed by atoms with van der Waals surface area (Å²) < 4.78 is 7.13. The number of methoxy groups -OCH3 is 1. The molecule has 1 fully saturated rings. The van der Waals surface area contributed by atoms with Crippen LogP contribution in [0.2, 0.25) is 0 Å². The van der Waals surface area contributed by atoms with E-state index in [1.54, 1.807) is 12.0 Å². The Morgan fingerprint density at radius 1 is 1.29 bits per heavy atom. The lowest BCUT2D eigenvalue weighted by Crippen LogP contribution is -2.45. The van der Waals surface area contributed by atoms with Gasteiger partial charge in [-0.05, 0) is 37.1 Å². The summed E-state index contributed by atoms with van der Waals surface area (Å²) in [6.07, 6.45) is 5.98. The lowest BCUT2D eigenvalue weighted by molar-refractivity contribution is -0.137. The second kappa shape index (κ2) is 6.95. The minimum atomic E-state index is -0.461. The normalized spacial score (nSPS) is 14.9. The van der Waals surface area contributed by atoms with Crippen LogP contribution in [0.4, 0.5) is 0 Å². The highest BCUT2D eigenvalue weighted by molar-refractivity contribution is 5.86. The van der Waals surface area contributed by atoms with Crippen molar-refractivity contribution in [1.82, 2.24) is 9.47 Å². The number of aromatic nitrogens is 1. The van der Waals surface area contributed by atoms with Crippen molar-refractivity contribution >= 4 is 22.7 Å². The zero-order chi connectivity index (χ0) is 17.1. The van der Waals surface area contributed by atoms with Crippen LogP contribution in [-0.4, -0.2) is 41.0 Å². The lowest BCUT2D eigenvalue weighted by Gasteiger charge is -2.28. The van der Waals surface area contributed by atoms with Gasteiger partial charge in [-0.3, -0.25) is 9.59 Å². The standard InChI is InChI=1S/C18H23N3O3/c1-24-15-6-7-16-13(10-15)8-9-20(16)12-18(23)21(11-17(19)22)14-4-2-3-5-14/h6-10,14H,2-5,11-12H2,1H3,(H2,19,22). The van der Waals surface area contributed by atoms with E-state index in [0.717, 1.165) is 42.3 Å². The molecule has 1 saturated carbocycles. The van der Waals surface area contributed by atoms with Crippen LogP contribution >= 0.6 is 0 Å². The van der Waals surface area contributed by atoms with Gasteiger partial charge < -0.3 is 19.9 Å². The Morgan fingerprint density at radius 2 is 2.04 bits per heavy atom. The van der Waals surface area contributed by atoms with Gasteiger partial charge in [-0.25, -0.2) is 0 Å². The maximum absolute atomic E-state index is 12.8. The topological polar surface area (TPSA) is 77.6 Å². The van der Waals surface area contributed by atoms with Crippen LogP contribution in [-0.2, 0) is 16.1 Å². The molecule has 1 aliphatic rings. The number of carbonyl (C=O) groups excluding carboxylic acids is 2. The SMILES string of the molecule is COc1ccc2c(ccn2CC(=O)N(CC(N)=O)C2CCCC2)c1. The van der Waals surface area contributed by atoms with Gasteiger partial charge in [0.05, 0.1) is 13.7 Å². The number of hydrogen-bond donors (Lipinski definition) is 1. The van der Waals surface area contributed by atoms with Crippen LogP contribution in [0.1, 0.15) is 25.7 Å². The molecule has 6 nitrogen and oxygen atoms in total. The van der Waals surface area contributed by atoms with Gasteiger partial charge in [-0.2, -0.15) is 0 Å². The first-order valence-corrected chi connectivity index (χ1v) is 8.29. The van der Waals surface area contributed by atoms with Crippen LogP contribution in [0, 0.1) is 0 Å². The molecule has 0 atom stereocenters. The van der Waals surface area contributed by atoms with E-state index in [1.165, 1.54) is 0 Å². The Kier molecular flexibility index (Phi) is 4.74.